The number of hydrogen-bond donors (Lipinski definition) is 1. The molecule has 0 aliphatic carbocycles. The van der Waals surface area contributed by atoms with Crippen LogP contribution in [-0.4, -0.2) is 65.4 Å². The van der Waals surface area contributed by atoms with Crippen LogP contribution in [0.4, 0.5) is 0 Å². The number of hydrogen-bond acceptors (Lipinski definition) is 7. The number of Topliss-reactive ketones (excluding diaryl/α,β-unsaturated/α-hetero) is 1. The maximum absolute atomic E-state index is 13.0. The summed E-state index contributed by atoms with van der Waals surface area (Å²) in [7, 11) is -3.88. The van der Waals surface area contributed by atoms with E-state index in [1.165, 1.54) is 45.1 Å². The molecule has 2 N–H and O–H groups in total. The van der Waals surface area contributed by atoms with E-state index in [1.54, 1.807) is 11.4 Å². The lowest BCUT2D eigenvalue weighted by Gasteiger charge is -2.24. The van der Waals surface area contributed by atoms with Crippen LogP contribution >= 0.6 is 11.3 Å². The number of sulfonamides is 1. The van der Waals surface area contributed by atoms with Gasteiger partial charge in [0.1, 0.15) is 10.9 Å². The summed E-state index contributed by atoms with van der Waals surface area (Å²) < 4.78 is 27.1. The zero-order chi connectivity index (χ0) is 21.5. The van der Waals surface area contributed by atoms with Gasteiger partial charge in [0.25, 0.3) is 0 Å². The zero-order valence-corrected chi connectivity index (χ0v) is 17.6. The van der Waals surface area contributed by atoms with Gasteiger partial charge in [0.15, 0.2) is 5.78 Å². The lowest BCUT2D eigenvalue weighted by Crippen LogP contribution is -2.43. The number of aromatic nitrogens is 1. The molecule has 2 unspecified atom stereocenters. The first-order chi connectivity index (χ1) is 14.3. The van der Waals surface area contributed by atoms with Crippen molar-refractivity contribution in [2.45, 2.75) is 36.2 Å². The average Bonchev–Trinajstić information content (AvgIpc) is 3.43. The van der Waals surface area contributed by atoms with E-state index >= 15 is 0 Å². The molecule has 2 amide bonds. The molecular formula is C19H20N4O5S2. The Labute approximate surface area is 177 Å². The standard InChI is InChI=1S/C19H20N4O5S2/c20-19(26)13-6-9-29-16(13)3-4-17(25)22-8-5-14-18(22)15(24)11-23(14)30(27,28)12-2-1-7-21-10-12/h1-2,6-7,9-10,14,18H,3-5,8,11H2,(H2,20,26). The van der Waals surface area contributed by atoms with Gasteiger partial charge in [-0.2, -0.15) is 4.31 Å². The molecular weight excluding hydrogens is 428 g/mol. The monoisotopic (exact) mass is 448 g/mol. The summed E-state index contributed by atoms with van der Waals surface area (Å²) in [6, 6.07) is 3.24. The lowest BCUT2D eigenvalue weighted by atomic mass is 10.1. The van der Waals surface area contributed by atoms with Crippen LogP contribution in [0.3, 0.4) is 0 Å². The summed E-state index contributed by atoms with van der Waals surface area (Å²) in [6.07, 6.45) is 3.58. The largest absolute Gasteiger partial charge is 0.366 e. The van der Waals surface area contributed by atoms with Crippen LogP contribution in [0.1, 0.15) is 28.1 Å². The Morgan fingerprint density at radius 3 is 2.80 bits per heavy atom. The first kappa shape index (κ1) is 20.6. The Hall–Kier alpha value is -2.63. The minimum absolute atomic E-state index is 0.0277. The number of aryl methyl sites for hydroxylation is 1. The van der Waals surface area contributed by atoms with Crippen molar-refractivity contribution in [3.63, 3.8) is 0 Å². The van der Waals surface area contributed by atoms with E-state index < -0.39 is 28.0 Å². The van der Waals surface area contributed by atoms with Gasteiger partial charge in [0.05, 0.1) is 18.2 Å². The summed E-state index contributed by atoms with van der Waals surface area (Å²) in [6.45, 7) is 0.0547. The van der Waals surface area contributed by atoms with Gasteiger partial charge in [-0.3, -0.25) is 19.4 Å². The van der Waals surface area contributed by atoms with Crippen molar-refractivity contribution in [3.05, 3.63) is 46.4 Å². The number of carbonyl (C=O) groups excluding carboxylic acids is 3. The highest BCUT2D eigenvalue weighted by molar-refractivity contribution is 7.89. The predicted octanol–water partition coefficient (Wildman–Crippen LogP) is 0.418. The molecule has 0 radical (unpaired) electrons. The Morgan fingerprint density at radius 2 is 2.10 bits per heavy atom. The molecule has 2 saturated heterocycles. The molecule has 9 nitrogen and oxygen atoms in total. The van der Waals surface area contributed by atoms with Crippen molar-refractivity contribution in [2.24, 2.45) is 5.73 Å². The number of pyridine rings is 1. The van der Waals surface area contributed by atoms with E-state index in [4.69, 9.17) is 5.73 Å². The number of carbonyl (C=O) groups is 3. The average molecular weight is 449 g/mol. The molecule has 2 fully saturated rings. The molecule has 11 heteroatoms. The Morgan fingerprint density at radius 1 is 1.30 bits per heavy atom. The molecule has 2 aromatic heterocycles. The van der Waals surface area contributed by atoms with Crippen molar-refractivity contribution in [1.82, 2.24) is 14.2 Å². The number of fused-ring (bicyclic) bond motifs is 1. The van der Waals surface area contributed by atoms with Gasteiger partial charge in [-0.15, -0.1) is 11.3 Å². The normalized spacial score (nSPS) is 21.7. The molecule has 2 aliphatic heterocycles. The topological polar surface area (TPSA) is 131 Å². The summed E-state index contributed by atoms with van der Waals surface area (Å²) in [4.78, 5) is 43.0. The van der Waals surface area contributed by atoms with Crippen molar-refractivity contribution >= 4 is 39.0 Å². The summed E-state index contributed by atoms with van der Waals surface area (Å²) in [5.74, 6) is -1.06. The first-order valence-electron chi connectivity index (χ1n) is 9.41. The molecule has 2 atom stereocenters. The second kappa shape index (κ2) is 7.89. The van der Waals surface area contributed by atoms with E-state index in [2.05, 4.69) is 4.98 Å². The second-order valence-electron chi connectivity index (χ2n) is 7.21. The van der Waals surface area contributed by atoms with Gasteiger partial charge < -0.3 is 10.6 Å². The molecule has 0 bridgehead atoms. The fourth-order valence-corrected chi connectivity index (χ4v) is 6.60. The number of thiophene rings is 1. The smallest absolute Gasteiger partial charge is 0.249 e. The van der Waals surface area contributed by atoms with E-state index in [9.17, 15) is 22.8 Å². The van der Waals surface area contributed by atoms with Crippen LogP contribution in [-0.2, 0) is 26.0 Å². The molecule has 0 saturated carbocycles. The Bertz CT molecular complexity index is 1100. The minimum Gasteiger partial charge on any atom is -0.366 e. The predicted molar refractivity (Wildman–Crippen MR) is 108 cm³/mol. The summed E-state index contributed by atoms with van der Waals surface area (Å²) in [5, 5.41) is 1.74. The van der Waals surface area contributed by atoms with Crippen LogP contribution in [0.2, 0.25) is 0 Å². The fraction of sp³-hybridized carbons (Fsp3) is 0.368. The highest BCUT2D eigenvalue weighted by Crippen LogP contribution is 2.34. The summed E-state index contributed by atoms with van der Waals surface area (Å²) >= 11 is 1.35. The van der Waals surface area contributed by atoms with Crippen molar-refractivity contribution in [3.8, 4) is 0 Å². The molecule has 30 heavy (non-hydrogen) atoms. The highest BCUT2D eigenvalue weighted by Gasteiger charge is 2.53. The van der Waals surface area contributed by atoms with E-state index in [0.29, 0.717) is 24.9 Å². The molecule has 2 aromatic rings. The second-order valence-corrected chi connectivity index (χ2v) is 10.1. The fourth-order valence-electron chi connectivity index (χ4n) is 4.13. The third-order valence-electron chi connectivity index (χ3n) is 5.52. The van der Waals surface area contributed by atoms with Crippen LogP contribution in [0.5, 0.6) is 0 Å². The maximum atomic E-state index is 13.0. The molecule has 4 rings (SSSR count). The number of rotatable bonds is 6. The molecule has 2 aliphatic rings. The Kier molecular flexibility index (Phi) is 5.43. The quantitative estimate of drug-likeness (QED) is 0.681. The lowest BCUT2D eigenvalue weighted by molar-refractivity contribution is -0.136. The van der Waals surface area contributed by atoms with Gasteiger partial charge in [-0.25, -0.2) is 8.42 Å². The van der Waals surface area contributed by atoms with E-state index in [1.807, 2.05) is 0 Å². The van der Waals surface area contributed by atoms with E-state index in [0.717, 1.165) is 4.88 Å². The van der Waals surface area contributed by atoms with Crippen LogP contribution < -0.4 is 5.73 Å². The van der Waals surface area contributed by atoms with Gasteiger partial charge in [0, 0.05) is 30.2 Å². The number of amides is 2. The third kappa shape index (κ3) is 3.53. The number of primary amides is 1. The van der Waals surface area contributed by atoms with Gasteiger partial charge in [-0.05, 0) is 36.4 Å². The zero-order valence-electron chi connectivity index (χ0n) is 15.9. The van der Waals surface area contributed by atoms with Crippen molar-refractivity contribution in [2.75, 3.05) is 13.1 Å². The number of ketones is 1. The van der Waals surface area contributed by atoms with Gasteiger partial charge >= 0.3 is 0 Å². The van der Waals surface area contributed by atoms with Crippen LogP contribution in [0.15, 0.2) is 40.9 Å². The van der Waals surface area contributed by atoms with Gasteiger partial charge in [0.2, 0.25) is 21.8 Å². The number of nitrogens with two attached hydrogens (primary N) is 1. The molecule has 158 valence electrons. The highest BCUT2D eigenvalue weighted by atomic mass is 32.2. The number of nitrogens with zero attached hydrogens (tertiary/aromatic N) is 3. The SMILES string of the molecule is NC(=O)c1ccsc1CCC(=O)N1CCC2C1C(=O)CN2S(=O)(=O)c1cccnc1. The molecule has 0 spiro atoms. The van der Waals surface area contributed by atoms with Crippen LogP contribution in [0.25, 0.3) is 0 Å². The van der Waals surface area contributed by atoms with Gasteiger partial charge in [-0.1, -0.05) is 0 Å². The summed E-state index contributed by atoms with van der Waals surface area (Å²) in [5.41, 5.74) is 5.74. The minimum atomic E-state index is -3.88. The molecule has 4 heterocycles. The third-order valence-corrected chi connectivity index (χ3v) is 8.35. The van der Waals surface area contributed by atoms with Crippen molar-refractivity contribution < 1.29 is 22.8 Å². The molecule has 0 aromatic carbocycles. The maximum Gasteiger partial charge on any atom is 0.249 e. The van der Waals surface area contributed by atoms with Crippen molar-refractivity contribution in [1.29, 1.82) is 0 Å². The van der Waals surface area contributed by atoms with E-state index in [-0.39, 0.29) is 29.6 Å². The first-order valence-corrected chi connectivity index (χ1v) is 11.7. The van der Waals surface area contributed by atoms with Crippen LogP contribution in [0, 0.1) is 0 Å². The Balaban J connectivity index is 1.48. The number of likely N-dealkylation sites (tertiary alicyclic amines) is 1.